The fraction of sp³-hybridized carbons (Fsp3) is 0.510. The third kappa shape index (κ3) is 9.56. The first-order valence-corrected chi connectivity index (χ1v) is 22.1. The maximum atomic E-state index is 14.5. The highest BCUT2D eigenvalue weighted by atomic mass is 16.7. The van der Waals surface area contributed by atoms with Crippen LogP contribution in [0.25, 0.3) is 0 Å². The highest BCUT2D eigenvalue weighted by Gasteiger charge is 2.65. The van der Waals surface area contributed by atoms with Crippen LogP contribution in [0.5, 0.6) is 17.2 Å². The molecule has 7 rings (SSSR count). The largest absolute Gasteiger partial charge is 0.459 e. The van der Waals surface area contributed by atoms with Crippen molar-refractivity contribution in [3.05, 3.63) is 117 Å². The van der Waals surface area contributed by atoms with E-state index in [2.05, 4.69) is 45.6 Å². The summed E-state index contributed by atoms with van der Waals surface area (Å²) < 4.78 is 21.0. The van der Waals surface area contributed by atoms with Gasteiger partial charge in [0.25, 0.3) is 5.69 Å². The maximum absolute atomic E-state index is 14.5. The van der Waals surface area contributed by atoms with Crippen LogP contribution in [0.4, 0.5) is 5.69 Å². The Kier molecular flexibility index (Phi) is 14.3. The Labute approximate surface area is 359 Å². The lowest BCUT2D eigenvalue weighted by molar-refractivity contribution is -0.384. The summed E-state index contributed by atoms with van der Waals surface area (Å²) in [5, 5.41) is 36.1. The van der Waals surface area contributed by atoms with E-state index in [9.17, 15) is 25.1 Å². The Morgan fingerprint density at radius 2 is 1.72 bits per heavy atom. The van der Waals surface area contributed by atoms with Gasteiger partial charge in [0.1, 0.15) is 29.9 Å². The van der Waals surface area contributed by atoms with Crippen LogP contribution in [0.3, 0.4) is 0 Å². The molecule has 4 aliphatic rings. The van der Waals surface area contributed by atoms with Gasteiger partial charge in [-0.1, -0.05) is 43.1 Å². The number of nitrogens with zero attached hydrogens (tertiary/aromatic N) is 3. The summed E-state index contributed by atoms with van der Waals surface area (Å²) in [5.74, 6) is 0.336. The van der Waals surface area contributed by atoms with Gasteiger partial charge in [0.2, 0.25) is 11.7 Å². The van der Waals surface area contributed by atoms with Crippen LogP contribution in [0, 0.1) is 47.6 Å². The van der Waals surface area contributed by atoms with Gasteiger partial charge in [-0.05, 0) is 135 Å². The number of aryl methyl sites for hydroxylation is 2. The summed E-state index contributed by atoms with van der Waals surface area (Å²) in [4.78, 5) is 33.5. The molecule has 1 heterocycles. The molecule has 0 aromatic heterocycles. The number of allylic oxidation sites excluding steroid dienone is 1. The average molecular weight is 836 g/mol. The number of unbranched alkanes of at least 4 members (excludes halogenated alkanes) is 2. The molecule has 12 heteroatoms. The number of non-ortho nitro benzene ring substituents is 1. The maximum Gasteiger partial charge on any atom is 0.269 e. The molecule has 0 saturated heterocycles. The molecule has 3 aliphatic carbocycles. The molecule has 0 bridgehead atoms. The SMILES string of the molecule is C=CCOC12Oc3ccc(Oc4ccc(C)c(C)c4)cc3C3C(CCCCO)C(CCCCO)C=C(C(=NOCc4ccc([N+](=O)[O-])cc4)CC1N(CCC)C(=O)C1CC1)C32. The molecule has 3 aromatic carbocycles. The second-order valence-electron chi connectivity index (χ2n) is 17.1. The average Bonchev–Trinajstić information content (AvgIpc) is 4.11. The molecule has 6 atom stereocenters. The van der Waals surface area contributed by atoms with Crippen LogP contribution in [-0.2, 0) is 21.0 Å². The van der Waals surface area contributed by atoms with E-state index < -0.39 is 22.7 Å². The summed E-state index contributed by atoms with van der Waals surface area (Å²) in [5.41, 5.74) is 5.68. The van der Waals surface area contributed by atoms with E-state index in [4.69, 9.17) is 24.2 Å². The standard InChI is InChI=1S/C49H61N3O9/c1-5-23-51(48(55)35-16-17-35)45-30-43(50-59-31-34-14-18-37(19-15-34)52(56)57)41-28-36(11-7-9-24-53)40(12-8-10-25-54)46-42-29-39(60-38-20-13-32(3)33(4)27-38)21-22-44(42)61-49(45,47(41)46)58-26-6-2/h6,13-15,18-22,27-29,35-36,40,45-47,53-54H,2,5,7-12,16-17,23-26,30-31H2,1,3-4H3. The van der Waals surface area contributed by atoms with Crippen molar-refractivity contribution in [2.45, 2.75) is 109 Å². The van der Waals surface area contributed by atoms with Crippen molar-refractivity contribution in [2.24, 2.45) is 28.8 Å². The van der Waals surface area contributed by atoms with Crippen molar-refractivity contribution in [1.29, 1.82) is 0 Å². The van der Waals surface area contributed by atoms with Gasteiger partial charge < -0.3 is 34.2 Å². The number of rotatable bonds is 21. The second-order valence-corrected chi connectivity index (χ2v) is 17.1. The van der Waals surface area contributed by atoms with Gasteiger partial charge in [-0.2, -0.15) is 0 Å². The number of benzene rings is 3. The summed E-state index contributed by atoms with van der Waals surface area (Å²) in [7, 11) is 0. The Balaban J connectivity index is 1.41. The molecule has 2 saturated carbocycles. The topological polar surface area (TPSA) is 153 Å². The highest BCUT2D eigenvalue weighted by molar-refractivity contribution is 6.03. The molecule has 0 radical (unpaired) electrons. The summed E-state index contributed by atoms with van der Waals surface area (Å²) in [6.45, 7) is 11.2. The Bertz CT molecular complexity index is 2100. The smallest absolute Gasteiger partial charge is 0.269 e. The number of carbonyl (C=O) groups is 1. The predicted molar refractivity (Wildman–Crippen MR) is 234 cm³/mol. The lowest BCUT2D eigenvalue weighted by atomic mass is 9.55. The van der Waals surface area contributed by atoms with E-state index >= 15 is 0 Å². The van der Waals surface area contributed by atoms with Gasteiger partial charge in [0.15, 0.2) is 0 Å². The number of hydrogen-bond acceptors (Lipinski definition) is 10. The minimum Gasteiger partial charge on any atom is -0.459 e. The number of fused-ring (bicyclic) bond motifs is 2. The van der Waals surface area contributed by atoms with Crippen molar-refractivity contribution in [3.63, 3.8) is 0 Å². The van der Waals surface area contributed by atoms with Gasteiger partial charge in [-0.15, -0.1) is 6.58 Å². The van der Waals surface area contributed by atoms with E-state index in [0.29, 0.717) is 43.0 Å². The second kappa shape index (κ2) is 19.8. The first-order valence-electron chi connectivity index (χ1n) is 22.1. The molecular weight excluding hydrogens is 775 g/mol. The molecule has 1 amide bonds. The number of oxime groups is 1. The van der Waals surface area contributed by atoms with E-state index in [1.165, 1.54) is 17.7 Å². The minimum atomic E-state index is -1.32. The molecule has 61 heavy (non-hydrogen) atoms. The first kappa shape index (κ1) is 44.0. The van der Waals surface area contributed by atoms with E-state index in [1.54, 1.807) is 18.2 Å². The number of nitro groups is 1. The van der Waals surface area contributed by atoms with Crippen LogP contribution >= 0.6 is 0 Å². The van der Waals surface area contributed by atoms with Crippen molar-refractivity contribution < 1.29 is 39.0 Å². The van der Waals surface area contributed by atoms with Crippen LogP contribution in [0.2, 0.25) is 0 Å². The lowest BCUT2D eigenvalue weighted by Gasteiger charge is -2.60. The number of aliphatic hydroxyl groups is 2. The van der Waals surface area contributed by atoms with Gasteiger partial charge in [0.05, 0.1) is 23.2 Å². The van der Waals surface area contributed by atoms with Crippen LogP contribution in [-0.4, -0.2) is 69.8 Å². The van der Waals surface area contributed by atoms with Crippen LogP contribution in [0.1, 0.15) is 99.3 Å². The molecule has 326 valence electrons. The fourth-order valence-electron chi connectivity index (χ4n) is 9.75. The van der Waals surface area contributed by atoms with E-state index in [1.807, 2.05) is 29.2 Å². The monoisotopic (exact) mass is 835 g/mol. The molecule has 1 aliphatic heterocycles. The zero-order valence-corrected chi connectivity index (χ0v) is 35.8. The Morgan fingerprint density at radius 3 is 2.39 bits per heavy atom. The number of amides is 1. The zero-order valence-electron chi connectivity index (χ0n) is 35.8. The Morgan fingerprint density at radius 1 is 1.00 bits per heavy atom. The molecule has 12 nitrogen and oxygen atoms in total. The van der Waals surface area contributed by atoms with Gasteiger partial charge >= 0.3 is 0 Å². The predicted octanol–water partition coefficient (Wildman–Crippen LogP) is 9.49. The normalized spacial score (nSPS) is 24.5. The summed E-state index contributed by atoms with van der Waals surface area (Å²) in [6.07, 6.45) is 11.4. The van der Waals surface area contributed by atoms with E-state index in [-0.39, 0.29) is 61.7 Å². The van der Waals surface area contributed by atoms with E-state index in [0.717, 1.165) is 73.0 Å². The molecule has 0 spiro atoms. The first-order chi connectivity index (χ1) is 29.6. The molecule has 2 fully saturated rings. The van der Waals surface area contributed by atoms with Crippen molar-refractivity contribution in [2.75, 3.05) is 26.4 Å². The van der Waals surface area contributed by atoms with Crippen LogP contribution < -0.4 is 9.47 Å². The number of hydrogen-bond donors (Lipinski definition) is 2. The number of aliphatic hydroxyl groups excluding tert-OH is 2. The molecule has 6 unspecified atom stereocenters. The van der Waals surface area contributed by atoms with Crippen molar-refractivity contribution >= 4 is 17.3 Å². The van der Waals surface area contributed by atoms with Crippen LogP contribution in [0.15, 0.2) is 90.1 Å². The highest BCUT2D eigenvalue weighted by Crippen LogP contribution is 2.62. The third-order valence-electron chi connectivity index (χ3n) is 13.0. The van der Waals surface area contributed by atoms with Gasteiger partial charge in [-0.3, -0.25) is 14.9 Å². The molecular formula is C49H61N3O9. The molecule has 3 aromatic rings. The van der Waals surface area contributed by atoms with Gasteiger partial charge in [-0.25, -0.2) is 0 Å². The summed E-state index contributed by atoms with van der Waals surface area (Å²) in [6, 6.07) is 17.8. The quantitative estimate of drug-likeness (QED) is 0.0463. The molecule has 2 N–H and O–H groups in total. The minimum absolute atomic E-state index is 0.00306. The fourth-order valence-corrected chi connectivity index (χ4v) is 9.75. The summed E-state index contributed by atoms with van der Waals surface area (Å²) >= 11 is 0. The number of nitro benzene ring substituents is 1. The Hall–Kier alpha value is -5.04. The third-order valence-corrected chi connectivity index (χ3v) is 13.0. The van der Waals surface area contributed by atoms with Crippen molar-refractivity contribution in [3.8, 4) is 17.2 Å². The van der Waals surface area contributed by atoms with Crippen molar-refractivity contribution in [1.82, 2.24) is 4.90 Å². The lowest BCUT2D eigenvalue weighted by Crippen LogP contribution is -2.70. The number of ether oxygens (including phenoxy) is 3. The zero-order chi connectivity index (χ0) is 43.1. The van der Waals surface area contributed by atoms with Gasteiger partial charge in [0, 0.05) is 55.7 Å². The number of carbonyl (C=O) groups excluding carboxylic acids is 1.